The van der Waals surface area contributed by atoms with Gasteiger partial charge < -0.3 is 10.2 Å². The van der Waals surface area contributed by atoms with Crippen molar-refractivity contribution >= 4 is 27.4 Å². The molecule has 2 aromatic heterocycles. The molecular weight excluding hydrogens is 282 g/mol. The van der Waals surface area contributed by atoms with E-state index in [1.807, 2.05) is 7.05 Å². The summed E-state index contributed by atoms with van der Waals surface area (Å²) >= 11 is 1.67. The molecular formula is C15H25N5S. The monoisotopic (exact) mass is 307 g/mol. The van der Waals surface area contributed by atoms with Crippen molar-refractivity contribution in [2.24, 2.45) is 0 Å². The van der Waals surface area contributed by atoms with Crippen LogP contribution in [0, 0.1) is 0 Å². The standard InChI is InChI=1S/C15H25N5S/c1-5-20(9-6-8-19(3)4)11-13-17-14(16-2)12-7-10-21-15(12)18-13/h7,10H,5-6,8-9,11H2,1-4H3,(H,16,17,18). The number of aromatic nitrogens is 2. The average molecular weight is 307 g/mol. The first-order valence-corrected chi connectivity index (χ1v) is 8.31. The topological polar surface area (TPSA) is 44.3 Å². The molecule has 2 aromatic rings. The molecule has 0 radical (unpaired) electrons. The van der Waals surface area contributed by atoms with Gasteiger partial charge in [0.05, 0.1) is 11.9 Å². The van der Waals surface area contributed by atoms with E-state index in [0.717, 1.165) is 48.0 Å². The number of nitrogens with zero attached hydrogens (tertiary/aromatic N) is 4. The van der Waals surface area contributed by atoms with Crippen LogP contribution in [0.3, 0.4) is 0 Å². The minimum absolute atomic E-state index is 0.812. The molecule has 0 unspecified atom stereocenters. The van der Waals surface area contributed by atoms with E-state index in [-0.39, 0.29) is 0 Å². The molecule has 0 aromatic carbocycles. The Morgan fingerprint density at radius 3 is 2.71 bits per heavy atom. The molecule has 5 nitrogen and oxygen atoms in total. The number of thiophene rings is 1. The molecule has 0 aliphatic carbocycles. The normalized spacial score (nSPS) is 11.7. The van der Waals surface area contributed by atoms with Crippen molar-refractivity contribution in [2.45, 2.75) is 19.9 Å². The van der Waals surface area contributed by atoms with Gasteiger partial charge in [-0.15, -0.1) is 11.3 Å². The smallest absolute Gasteiger partial charge is 0.146 e. The lowest BCUT2D eigenvalue weighted by molar-refractivity contribution is 0.254. The van der Waals surface area contributed by atoms with Gasteiger partial charge in [-0.2, -0.15) is 0 Å². The number of hydrogen-bond donors (Lipinski definition) is 1. The van der Waals surface area contributed by atoms with E-state index in [0.29, 0.717) is 0 Å². The second kappa shape index (κ2) is 7.68. The van der Waals surface area contributed by atoms with E-state index in [9.17, 15) is 0 Å². The molecule has 0 bridgehead atoms. The zero-order valence-corrected chi connectivity index (χ0v) is 14.2. The number of hydrogen-bond acceptors (Lipinski definition) is 6. The molecule has 21 heavy (non-hydrogen) atoms. The van der Waals surface area contributed by atoms with Crippen LogP contribution in [-0.2, 0) is 6.54 Å². The third-order valence-electron chi connectivity index (χ3n) is 3.50. The molecule has 0 amide bonds. The maximum atomic E-state index is 4.69. The number of nitrogens with one attached hydrogen (secondary N) is 1. The minimum atomic E-state index is 0.812. The highest BCUT2D eigenvalue weighted by molar-refractivity contribution is 7.16. The fraction of sp³-hybridized carbons (Fsp3) is 0.600. The van der Waals surface area contributed by atoms with Gasteiger partial charge in [0.2, 0.25) is 0 Å². The second-order valence-corrected chi connectivity index (χ2v) is 6.30. The van der Waals surface area contributed by atoms with Crippen molar-refractivity contribution < 1.29 is 0 Å². The van der Waals surface area contributed by atoms with Gasteiger partial charge in [0.1, 0.15) is 16.5 Å². The molecule has 0 fully saturated rings. The van der Waals surface area contributed by atoms with E-state index < -0.39 is 0 Å². The molecule has 2 rings (SSSR count). The van der Waals surface area contributed by atoms with Crippen LogP contribution in [0.25, 0.3) is 10.2 Å². The van der Waals surface area contributed by atoms with Crippen LogP contribution in [0.4, 0.5) is 5.82 Å². The molecule has 0 aliphatic heterocycles. The summed E-state index contributed by atoms with van der Waals surface area (Å²) in [7, 11) is 6.14. The molecule has 0 aliphatic rings. The quantitative estimate of drug-likeness (QED) is 0.812. The van der Waals surface area contributed by atoms with Crippen LogP contribution in [-0.4, -0.2) is 60.5 Å². The maximum Gasteiger partial charge on any atom is 0.146 e. The summed E-state index contributed by atoms with van der Waals surface area (Å²) in [4.78, 5) is 15.0. The Hall–Kier alpha value is -1.24. The molecule has 0 atom stereocenters. The lowest BCUT2D eigenvalue weighted by atomic mass is 10.3. The van der Waals surface area contributed by atoms with E-state index in [1.54, 1.807) is 11.3 Å². The van der Waals surface area contributed by atoms with Crippen LogP contribution in [0.2, 0.25) is 0 Å². The first kappa shape index (κ1) is 16.1. The first-order valence-electron chi connectivity index (χ1n) is 7.43. The van der Waals surface area contributed by atoms with Crippen molar-refractivity contribution in [3.05, 3.63) is 17.3 Å². The molecule has 6 heteroatoms. The van der Waals surface area contributed by atoms with Gasteiger partial charge in [0.15, 0.2) is 0 Å². The third kappa shape index (κ3) is 4.36. The Labute approximate surface area is 131 Å². The van der Waals surface area contributed by atoms with Crippen LogP contribution >= 0.6 is 11.3 Å². The Balaban J connectivity index is 2.06. The summed E-state index contributed by atoms with van der Waals surface area (Å²) in [5, 5.41) is 6.36. The Bertz CT molecular complexity index is 566. The Morgan fingerprint density at radius 1 is 1.24 bits per heavy atom. The second-order valence-electron chi connectivity index (χ2n) is 5.40. The molecule has 116 valence electrons. The SMILES string of the molecule is CCN(CCCN(C)C)Cc1nc(NC)c2ccsc2n1. The van der Waals surface area contributed by atoms with Gasteiger partial charge in [-0.3, -0.25) is 4.90 Å². The third-order valence-corrected chi connectivity index (χ3v) is 4.31. The lowest BCUT2D eigenvalue weighted by Crippen LogP contribution is -2.27. The molecule has 1 N–H and O–H groups in total. The molecule has 0 spiro atoms. The van der Waals surface area contributed by atoms with Crippen LogP contribution in [0.5, 0.6) is 0 Å². The molecule has 0 saturated heterocycles. The summed E-state index contributed by atoms with van der Waals surface area (Å²) in [5.41, 5.74) is 0. The van der Waals surface area contributed by atoms with E-state index in [2.05, 4.69) is 52.6 Å². The fourth-order valence-electron chi connectivity index (χ4n) is 2.32. The van der Waals surface area contributed by atoms with Crippen molar-refractivity contribution in [2.75, 3.05) is 46.1 Å². The highest BCUT2D eigenvalue weighted by Gasteiger charge is 2.11. The first-order chi connectivity index (χ1) is 10.1. The fourth-order valence-corrected chi connectivity index (χ4v) is 3.10. The largest absolute Gasteiger partial charge is 0.372 e. The van der Waals surface area contributed by atoms with E-state index in [1.165, 1.54) is 6.42 Å². The van der Waals surface area contributed by atoms with Crippen LogP contribution in [0.1, 0.15) is 19.2 Å². The van der Waals surface area contributed by atoms with Crippen molar-refractivity contribution in [1.82, 2.24) is 19.8 Å². The van der Waals surface area contributed by atoms with E-state index >= 15 is 0 Å². The molecule has 0 saturated carbocycles. The predicted molar refractivity (Wildman–Crippen MR) is 91.1 cm³/mol. The van der Waals surface area contributed by atoms with Crippen molar-refractivity contribution in [1.29, 1.82) is 0 Å². The van der Waals surface area contributed by atoms with Gasteiger partial charge in [-0.05, 0) is 51.6 Å². The number of rotatable bonds is 8. The van der Waals surface area contributed by atoms with Gasteiger partial charge >= 0.3 is 0 Å². The lowest BCUT2D eigenvalue weighted by Gasteiger charge is -2.20. The molecule has 2 heterocycles. The van der Waals surface area contributed by atoms with Gasteiger partial charge in [-0.25, -0.2) is 9.97 Å². The maximum absolute atomic E-state index is 4.69. The minimum Gasteiger partial charge on any atom is -0.372 e. The summed E-state index contributed by atoms with van der Waals surface area (Å²) in [6.45, 7) is 6.22. The summed E-state index contributed by atoms with van der Waals surface area (Å²) in [5.74, 6) is 1.83. The predicted octanol–water partition coefficient (Wildman–Crippen LogP) is 2.51. The van der Waals surface area contributed by atoms with Crippen molar-refractivity contribution in [3.63, 3.8) is 0 Å². The Kier molecular flexibility index (Phi) is 5.90. The Morgan fingerprint density at radius 2 is 2.05 bits per heavy atom. The van der Waals surface area contributed by atoms with Crippen LogP contribution in [0.15, 0.2) is 11.4 Å². The van der Waals surface area contributed by atoms with Gasteiger partial charge in [-0.1, -0.05) is 6.92 Å². The highest BCUT2D eigenvalue weighted by Crippen LogP contribution is 2.24. The summed E-state index contributed by atoms with van der Waals surface area (Å²) in [6, 6.07) is 2.07. The highest BCUT2D eigenvalue weighted by atomic mass is 32.1. The average Bonchev–Trinajstić information content (AvgIpc) is 2.93. The van der Waals surface area contributed by atoms with Crippen LogP contribution < -0.4 is 5.32 Å². The zero-order chi connectivity index (χ0) is 15.2. The van der Waals surface area contributed by atoms with Gasteiger partial charge in [0.25, 0.3) is 0 Å². The summed E-state index contributed by atoms with van der Waals surface area (Å²) < 4.78 is 0. The van der Waals surface area contributed by atoms with Crippen molar-refractivity contribution in [3.8, 4) is 0 Å². The summed E-state index contributed by atoms with van der Waals surface area (Å²) in [6.07, 6.45) is 1.17. The van der Waals surface area contributed by atoms with Gasteiger partial charge in [0, 0.05) is 7.05 Å². The zero-order valence-electron chi connectivity index (χ0n) is 13.4. The number of fused-ring (bicyclic) bond motifs is 1. The van der Waals surface area contributed by atoms with E-state index in [4.69, 9.17) is 4.98 Å². The number of anilines is 1.